The molecule has 0 radical (unpaired) electrons. The molecule has 0 aromatic heterocycles. The number of carbonyl (C=O) groups excluding carboxylic acids is 2. The lowest BCUT2D eigenvalue weighted by molar-refractivity contribution is -0.145. The third kappa shape index (κ3) is 4.31. The van der Waals surface area contributed by atoms with Crippen LogP contribution in [-0.2, 0) is 14.2 Å². The molecule has 0 unspecified atom stereocenters. The average Bonchev–Trinajstić information content (AvgIpc) is 2.75. The van der Waals surface area contributed by atoms with Gasteiger partial charge in [0.25, 0.3) is 0 Å². The quantitative estimate of drug-likeness (QED) is 0.722. The number of piperidine rings is 1. The van der Waals surface area contributed by atoms with Gasteiger partial charge in [-0.1, -0.05) is 0 Å². The highest BCUT2D eigenvalue weighted by atomic mass is 16.5. The number of nitrogens with one attached hydrogen (secondary N) is 1. The fourth-order valence-corrected chi connectivity index (χ4v) is 4.66. The maximum atomic E-state index is 12.1. The second kappa shape index (κ2) is 8.91. The van der Waals surface area contributed by atoms with Gasteiger partial charge in [-0.05, 0) is 44.1 Å². The van der Waals surface area contributed by atoms with Crippen LogP contribution in [0.15, 0.2) is 18.2 Å². The van der Waals surface area contributed by atoms with Crippen LogP contribution in [0.2, 0.25) is 0 Å². The van der Waals surface area contributed by atoms with Crippen molar-refractivity contribution in [2.75, 3.05) is 47.0 Å². The summed E-state index contributed by atoms with van der Waals surface area (Å²) < 4.78 is 21.8. The molecule has 4 rings (SSSR count). The summed E-state index contributed by atoms with van der Waals surface area (Å²) in [4.78, 5) is 26.5. The van der Waals surface area contributed by atoms with Gasteiger partial charge < -0.3 is 24.3 Å². The molecule has 30 heavy (non-hydrogen) atoms. The molecule has 2 heterocycles. The minimum atomic E-state index is -0.590. The molecule has 3 aliphatic rings. The fourth-order valence-electron chi connectivity index (χ4n) is 4.66. The highest BCUT2D eigenvalue weighted by Crippen LogP contribution is 2.35. The van der Waals surface area contributed by atoms with Gasteiger partial charge in [-0.15, -0.1) is 0 Å². The van der Waals surface area contributed by atoms with Crippen molar-refractivity contribution in [2.24, 2.45) is 0 Å². The van der Waals surface area contributed by atoms with Crippen molar-refractivity contribution in [1.82, 2.24) is 10.2 Å². The monoisotopic (exact) mass is 418 g/mol. The predicted octanol–water partition coefficient (Wildman–Crippen LogP) is 1.62. The molecule has 0 atom stereocenters. The Morgan fingerprint density at radius 3 is 2.50 bits per heavy atom. The zero-order valence-corrected chi connectivity index (χ0v) is 17.6. The molecule has 0 bridgehead atoms. The lowest BCUT2D eigenvalue weighted by Gasteiger charge is -2.51. The molecule has 0 amide bonds. The van der Waals surface area contributed by atoms with E-state index in [-0.39, 0.29) is 22.8 Å². The van der Waals surface area contributed by atoms with Crippen molar-refractivity contribution in [3.05, 3.63) is 29.3 Å². The van der Waals surface area contributed by atoms with Crippen molar-refractivity contribution in [1.29, 1.82) is 0 Å². The van der Waals surface area contributed by atoms with E-state index in [0.29, 0.717) is 11.8 Å². The number of morpholine rings is 1. The first kappa shape index (κ1) is 21.1. The van der Waals surface area contributed by atoms with Crippen molar-refractivity contribution in [2.45, 2.75) is 43.4 Å². The molecule has 8 heteroatoms. The third-order valence-corrected chi connectivity index (χ3v) is 6.48. The van der Waals surface area contributed by atoms with Gasteiger partial charge in [-0.25, -0.2) is 9.59 Å². The van der Waals surface area contributed by atoms with Gasteiger partial charge in [0.15, 0.2) is 0 Å². The van der Waals surface area contributed by atoms with Crippen LogP contribution in [0.4, 0.5) is 0 Å². The van der Waals surface area contributed by atoms with E-state index in [1.165, 1.54) is 14.2 Å². The van der Waals surface area contributed by atoms with E-state index >= 15 is 0 Å². The average molecular weight is 418 g/mol. The zero-order valence-electron chi connectivity index (χ0n) is 17.6. The Balaban J connectivity index is 1.35. The summed E-state index contributed by atoms with van der Waals surface area (Å²) in [5.74, 6) is -0.610. The van der Waals surface area contributed by atoms with Crippen molar-refractivity contribution < 1.29 is 28.5 Å². The molecule has 1 spiro atoms. The van der Waals surface area contributed by atoms with Crippen LogP contribution in [0.3, 0.4) is 0 Å². The van der Waals surface area contributed by atoms with Crippen LogP contribution in [0, 0.1) is 0 Å². The molecule has 2 saturated heterocycles. The van der Waals surface area contributed by atoms with E-state index in [1.807, 2.05) is 0 Å². The van der Waals surface area contributed by atoms with Crippen LogP contribution in [0.5, 0.6) is 5.75 Å². The lowest BCUT2D eigenvalue weighted by atomic mass is 9.84. The van der Waals surface area contributed by atoms with E-state index in [0.717, 1.165) is 58.5 Å². The zero-order chi connectivity index (χ0) is 21.1. The molecule has 1 aliphatic carbocycles. The van der Waals surface area contributed by atoms with Gasteiger partial charge in [0.2, 0.25) is 0 Å². The predicted molar refractivity (Wildman–Crippen MR) is 109 cm³/mol. The fraction of sp³-hybridized carbons (Fsp3) is 0.636. The molecule has 1 aromatic rings. The van der Waals surface area contributed by atoms with E-state index in [1.54, 1.807) is 18.2 Å². The summed E-state index contributed by atoms with van der Waals surface area (Å²) in [5, 5.41) is 3.41. The Bertz CT molecular complexity index is 780. The third-order valence-electron chi connectivity index (χ3n) is 6.48. The minimum Gasteiger partial charge on any atom is -0.490 e. The molecule has 1 saturated carbocycles. The van der Waals surface area contributed by atoms with Crippen LogP contribution in [0.1, 0.15) is 46.4 Å². The summed E-state index contributed by atoms with van der Waals surface area (Å²) in [6.07, 6.45) is 4.12. The normalized spacial score (nSPS) is 25.9. The van der Waals surface area contributed by atoms with Gasteiger partial charge in [0.05, 0.1) is 37.6 Å². The molecule has 2 aliphatic heterocycles. The Labute approximate surface area is 176 Å². The van der Waals surface area contributed by atoms with E-state index in [4.69, 9.17) is 18.9 Å². The van der Waals surface area contributed by atoms with E-state index in [2.05, 4.69) is 10.2 Å². The Kier molecular flexibility index (Phi) is 6.26. The Morgan fingerprint density at radius 2 is 1.80 bits per heavy atom. The van der Waals surface area contributed by atoms with E-state index < -0.39 is 11.9 Å². The maximum Gasteiger partial charge on any atom is 0.338 e. The summed E-state index contributed by atoms with van der Waals surface area (Å²) in [5.41, 5.74) is 0.330. The molecular formula is C22H30N2O6. The van der Waals surface area contributed by atoms with E-state index in [9.17, 15) is 9.59 Å². The van der Waals surface area contributed by atoms with Crippen LogP contribution in [-0.4, -0.2) is 81.6 Å². The highest BCUT2D eigenvalue weighted by Gasteiger charge is 2.43. The van der Waals surface area contributed by atoms with Gasteiger partial charge in [-0.2, -0.15) is 0 Å². The molecular weight excluding hydrogens is 388 g/mol. The number of hydrogen-bond donors (Lipinski definition) is 1. The minimum absolute atomic E-state index is 0.00851. The Hall–Kier alpha value is -2.16. The SMILES string of the molecule is COC(=O)c1ccc(OC2CC(N3CCOC4(CCNCC4)C3)C2)cc1C(=O)OC. The van der Waals surface area contributed by atoms with Crippen LogP contribution < -0.4 is 10.1 Å². The number of methoxy groups -OCH3 is 2. The summed E-state index contributed by atoms with van der Waals surface area (Å²) in [6.45, 7) is 4.79. The van der Waals surface area contributed by atoms with Gasteiger partial charge >= 0.3 is 11.9 Å². The highest BCUT2D eigenvalue weighted by molar-refractivity contribution is 6.03. The number of carbonyl (C=O) groups is 2. The first-order chi connectivity index (χ1) is 14.5. The largest absolute Gasteiger partial charge is 0.490 e. The molecule has 164 valence electrons. The standard InChI is InChI=1S/C22H30N2O6/c1-27-20(25)18-4-3-16(13-19(18)21(26)28-2)30-17-11-15(12-17)24-9-10-29-22(14-24)5-7-23-8-6-22/h3-4,13,15,17,23H,5-12,14H2,1-2H3. The van der Waals surface area contributed by atoms with Gasteiger partial charge in [0, 0.05) is 32.0 Å². The number of esters is 2. The van der Waals surface area contributed by atoms with Crippen LogP contribution >= 0.6 is 0 Å². The first-order valence-electron chi connectivity index (χ1n) is 10.6. The van der Waals surface area contributed by atoms with Crippen LogP contribution in [0.25, 0.3) is 0 Å². The second-order valence-corrected chi connectivity index (χ2v) is 8.31. The van der Waals surface area contributed by atoms with Gasteiger partial charge in [-0.3, -0.25) is 4.90 Å². The summed E-state index contributed by atoms with van der Waals surface area (Å²) in [6, 6.07) is 5.31. The molecule has 3 fully saturated rings. The van der Waals surface area contributed by atoms with Gasteiger partial charge in [0.1, 0.15) is 11.9 Å². The number of nitrogens with zero attached hydrogens (tertiary/aromatic N) is 1. The summed E-state index contributed by atoms with van der Waals surface area (Å²) in [7, 11) is 2.56. The maximum absolute atomic E-state index is 12.1. The number of rotatable bonds is 5. The van der Waals surface area contributed by atoms with Crippen molar-refractivity contribution in [3.63, 3.8) is 0 Å². The number of benzene rings is 1. The smallest absolute Gasteiger partial charge is 0.338 e. The molecule has 1 N–H and O–H groups in total. The van der Waals surface area contributed by atoms with Crippen molar-refractivity contribution >= 4 is 11.9 Å². The number of ether oxygens (including phenoxy) is 4. The first-order valence-corrected chi connectivity index (χ1v) is 10.6. The molecule has 8 nitrogen and oxygen atoms in total. The van der Waals surface area contributed by atoms with Crippen molar-refractivity contribution in [3.8, 4) is 5.75 Å². The lowest BCUT2D eigenvalue weighted by Crippen LogP contribution is -2.61. The number of hydrogen-bond acceptors (Lipinski definition) is 8. The summed E-state index contributed by atoms with van der Waals surface area (Å²) >= 11 is 0. The Morgan fingerprint density at radius 1 is 1.10 bits per heavy atom. The second-order valence-electron chi connectivity index (χ2n) is 8.31. The molecule has 1 aromatic carbocycles. The topological polar surface area (TPSA) is 86.3 Å².